The number of aliphatic carboxylic acids is 5. The van der Waals surface area contributed by atoms with Crippen molar-refractivity contribution in [2.24, 2.45) is 11.5 Å². The highest BCUT2D eigenvalue weighted by atomic mass is 16.4. The highest BCUT2D eigenvalue weighted by Gasteiger charge is 2.13. The molecule has 14 nitrogen and oxygen atoms in total. The molecule has 0 aliphatic rings. The molecule has 0 aromatic carbocycles. The first-order valence-corrected chi connectivity index (χ1v) is 7.90. The van der Waals surface area contributed by atoms with Crippen LogP contribution in [0.2, 0.25) is 0 Å². The maximum Gasteiger partial charge on any atom is 0.372 e. The number of carbonyl (C=O) groups is 7. The van der Waals surface area contributed by atoms with E-state index in [-0.39, 0.29) is 0 Å². The summed E-state index contributed by atoms with van der Waals surface area (Å²) >= 11 is 0. The van der Waals surface area contributed by atoms with Gasteiger partial charge < -0.3 is 37.0 Å². The van der Waals surface area contributed by atoms with Crippen molar-refractivity contribution < 1.29 is 59.1 Å². The summed E-state index contributed by atoms with van der Waals surface area (Å²) in [4.78, 5) is 69.5. The molecule has 1 atom stereocenters. The van der Waals surface area contributed by atoms with Gasteiger partial charge in [-0.1, -0.05) is 0 Å². The van der Waals surface area contributed by atoms with Gasteiger partial charge in [-0.2, -0.15) is 0 Å². The third-order valence-electron chi connectivity index (χ3n) is 2.65. The van der Waals surface area contributed by atoms with Crippen LogP contribution in [0.5, 0.6) is 0 Å². The van der Waals surface area contributed by atoms with Crippen molar-refractivity contribution in [2.45, 2.75) is 44.6 Å². The van der Waals surface area contributed by atoms with E-state index >= 15 is 0 Å². The Morgan fingerprint density at radius 2 is 1.00 bits per heavy atom. The van der Waals surface area contributed by atoms with Crippen molar-refractivity contribution in [3.05, 3.63) is 0 Å². The molecule has 29 heavy (non-hydrogen) atoms. The minimum atomic E-state index is -1.58. The normalized spacial score (nSPS) is 10.1. The maximum atomic E-state index is 10.2. The Balaban J connectivity index is -0.000000350. The zero-order valence-electron chi connectivity index (χ0n) is 15.3. The number of carboxylic acid groups (broad SMARTS) is 5. The Labute approximate surface area is 164 Å². The van der Waals surface area contributed by atoms with Gasteiger partial charge in [0.15, 0.2) is 0 Å². The van der Waals surface area contributed by atoms with E-state index in [2.05, 4.69) is 0 Å². The molecule has 0 rings (SSSR count). The maximum absolute atomic E-state index is 10.2. The molecule has 0 saturated carbocycles. The fourth-order valence-electron chi connectivity index (χ4n) is 1.12. The largest absolute Gasteiger partial charge is 0.481 e. The van der Waals surface area contributed by atoms with Crippen LogP contribution in [0, 0.1) is 0 Å². The fraction of sp³-hybridized carbons (Fsp3) is 0.533. The van der Waals surface area contributed by atoms with Crippen LogP contribution in [-0.2, 0) is 33.6 Å². The Kier molecular flexibility index (Phi) is 18.8. The van der Waals surface area contributed by atoms with Gasteiger partial charge in [-0.15, -0.1) is 0 Å². The molecule has 9 N–H and O–H groups in total. The minimum Gasteiger partial charge on any atom is -0.481 e. The number of hydrogen-bond donors (Lipinski definition) is 7. The highest BCUT2D eigenvalue weighted by molar-refractivity contribution is 6.33. The third-order valence-corrected chi connectivity index (χ3v) is 2.65. The van der Waals surface area contributed by atoms with Crippen LogP contribution < -0.4 is 11.5 Å². The van der Waals surface area contributed by atoms with Gasteiger partial charge in [-0.3, -0.25) is 24.0 Å². The fourth-order valence-corrected chi connectivity index (χ4v) is 1.12. The summed E-state index contributed by atoms with van der Waals surface area (Å²) in [6.07, 6.45) is -0.592. The van der Waals surface area contributed by atoms with Crippen LogP contribution in [0.3, 0.4) is 0 Å². The lowest BCUT2D eigenvalue weighted by Crippen LogP contribution is -2.30. The molecule has 0 aliphatic heterocycles. The summed E-state index contributed by atoms with van der Waals surface area (Å²) < 4.78 is 0. The second-order valence-corrected chi connectivity index (χ2v) is 5.12. The number of Topliss-reactive ketones (excluding diaryl/α,β-unsaturated/α-hetero) is 2. The van der Waals surface area contributed by atoms with Crippen molar-refractivity contribution in [3.8, 4) is 0 Å². The topological polar surface area (TPSA) is 273 Å². The molecule has 0 saturated heterocycles. The molecular formula is C15H24N2O12. The van der Waals surface area contributed by atoms with Crippen LogP contribution in [0.25, 0.3) is 0 Å². The average molecular weight is 424 g/mol. The Bertz CT molecular complexity index is 562. The summed E-state index contributed by atoms with van der Waals surface area (Å²) in [5.41, 5.74) is 10.3. The van der Waals surface area contributed by atoms with E-state index in [4.69, 9.17) is 37.0 Å². The summed E-state index contributed by atoms with van der Waals surface area (Å²) in [5.74, 6) is -8.60. The minimum absolute atomic E-state index is 0.425. The summed E-state index contributed by atoms with van der Waals surface area (Å²) in [7, 11) is 0. The van der Waals surface area contributed by atoms with Gasteiger partial charge >= 0.3 is 29.8 Å². The van der Waals surface area contributed by atoms with E-state index in [1.807, 2.05) is 0 Å². The van der Waals surface area contributed by atoms with Crippen LogP contribution in [0.4, 0.5) is 0 Å². The Morgan fingerprint density at radius 1 is 0.655 bits per heavy atom. The van der Waals surface area contributed by atoms with E-state index in [1.54, 1.807) is 0 Å². The lowest BCUT2D eigenvalue weighted by molar-refractivity contribution is -0.150. The van der Waals surface area contributed by atoms with Gasteiger partial charge in [0, 0.05) is 12.8 Å². The van der Waals surface area contributed by atoms with Gasteiger partial charge in [0.05, 0.1) is 12.8 Å². The third kappa shape index (κ3) is 24.6. The average Bonchev–Trinajstić information content (AvgIpc) is 2.62. The van der Waals surface area contributed by atoms with Crippen LogP contribution in [-0.4, -0.2) is 79.5 Å². The predicted molar refractivity (Wildman–Crippen MR) is 92.9 cm³/mol. The Morgan fingerprint density at radius 3 is 1.21 bits per heavy atom. The smallest absolute Gasteiger partial charge is 0.372 e. The predicted octanol–water partition coefficient (Wildman–Crippen LogP) is -1.85. The number of rotatable bonds is 12. The van der Waals surface area contributed by atoms with Crippen molar-refractivity contribution in [1.82, 2.24) is 0 Å². The summed E-state index contributed by atoms with van der Waals surface area (Å²) in [6, 6.07) is -0.742. The van der Waals surface area contributed by atoms with Gasteiger partial charge in [0.2, 0.25) is 11.6 Å². The molecule has 0 aromatic heterocycles. The van der Waals surface area contributed by atoms with Gasteiger partial charge in [-0.05, 0) is 19.4 Å². The lowest BCUT2D eigenvalue weighted by Gasteiger charge is -2.02. The first-order valence-electron chi connectivity index (χ1n) is 7.90. The second kappa shape index (κ2) is 18.0. The molecule has 0 fully saturated rings. The first kappa shape index (κ1) is 30.3. The van der Waals surface area contributed by atoms with Crippen LogP contribution >= 0.6 is 0 Å². The zero-order valence-corrected chi connectivity index (χ0v) is 15.3. The monoisotopic (exact) mass is 424 g/mol. The van der Waals surface area contributed by atoms with E-state index in [1.165, 1.54) is 0 Å². The van der Waals surface area contributed by atoms with E-state index in [9.17, 15) is 33.6 Å². The number of ketones is 2. The van der Waals surface area contributed by atoms with Gasteiger partial charge in [0.25, 0.3) is 0 Å². The van der Waals surface area contributed by atoms with E-state index in [0.717, 1.165) is 0 Å². The number of carboxylic acids is 5. The van der Waals surface area contributed by atoms with E-state index in [0.29, 0.717) is 19.4 Å². The van der Waals surface area contributed by atoms with Crippen molar-refractivity contribution in [3.63, 3.8) is 0 Å². The molecule has 0 amide bonds. The van der Waals surface area contributed by atoms with Gasteiger partial charge in [-0.25, -0.2) is 9.59 Å². The summed E-state index contributed by atoms with van der Waals surface area (Å²) in [5, 5.41) is 40.1. The molecule has 14 heteroatoms. The number of carbonyl (C=O) groups excluding carboxylic acids is 2. The number of nitrogens with two attached hydrogens (primary N) is 2. The van der Waals surface area contributed by atoms with Crippen LogP contribution in [0.15, 0.2) is 0 Å². The van der Waals surface area contributed by atoms with Crippen LogP contribution in [0.1, 0.15) is 38.5 Å². The molecule has 0 unspecified atom stereocenters. The van der Waals surface area contributed by atoms with Crippen molar-refractivity contribution in [1.29, 1.82) is 0 Å². The standard InChI is InChI=1S/C5H12N2O2.2C5H6O5/c6-3-1-2-4(7)5(8)9;2*6-3(5(9)10)1-2-4(7)8/h4H,1-3,6-7H2,(H,8,9);2*1-2H2,(H,7,8)(H,9,10)/t4-;;/m0../s1. The lowest BCUT2D eigenvalue weighted by atomic mass is 10.2. The molecular weight excluding hydrogens is 400 g/mol. The van der Waals surface area contributed by atoms with E-state index < -0.39 is 73.1 Å². The molecule has 0 aromatic rings. The molecule has 0 bridgehead atoms. The number of hydrogen-bond acceptors (Lipinski definition) is 9. The first-order chi connectivity index (χ1) is 13.3. The molecule has 0 heterocycles. The van der Waals surface area contributed by atoms with Crippen molar-refractivity contribution in [2.75, 3.05) is 6.54 Å². The Hall–Kier alpha value is -3.39. The quantitative estimate of drug-likeness (QED) is 0.169. The molecule has 0 radical (unpaired) electrons. The molecule has 0 spiro atoms. The second-order valence-electron chi connectivity index (χ2n) is 5.12. The molecule has 0 aliphatic carbocycles. The zero-order chi connectivity index (χ0) is 23.6. The van der Waals surface area contributed by atoms with Crippen molar-refractivity contribution >= 4 is 41.4 Å². The molecule has 166 valence electrons. The van der Waals surface area contributed by atoms with Gasteiger partial charge in [0.1, 0.15) is 6.04 Å². The SMILES string of the molecule is NCCC[C@H](N)C(=O)O.O=C(O)CCC(=O)C(=O)O.O=C(O)CCC(=O)C(=O)O. The summed E-state index contributed by atoms with van der Waals surface area (Å²) in [6.45, 7) is 0.501. The highest BCUT2D eigenvalue weighted by Crippen LogP contribution is 1.91.